The summed E-state index contributed by atoms with van der Waals surface area (Å²) in [7, 11) is 3.45. The fourth-order valence-corrected chi connectivity index (χ4v) is 1.38. The Morgan fingerprint density at radius 1 is 1.24 bits per heavy atom. The highest BCUT2D eigenvalue weighted by molar-refractivity contribution is 5.77. The summed E-state index contributed by atoms with van der Waals surface area (Å²) in [5.74, 6) is -0.977. The number of nitrogens with one attached hydrogen (secondary N) is 1. The van der Waals surface area contributed by atoms with Crippen molar-refractivity contribution in [2.24, 2.45) is 5.92 Å². The van der Waals surface area contributed by atoms with Crippen LogP contribution in [-0.2, 0) is 9.59 Å². The van der Waals surface area contributed by atoms with E-state index < -0.39 is 5.97 Å². The predicted octanol–water partition coefficient (Wildman–Crippen LogP) is 0.944. The number of hydrogen-bond donors (Lipinski definition) is 2. The lowest BCUT2D eigenvalue weighted by Gasteiger charge is -2.16. The Hall–Kier alpha value is -1.10. The Morgan fingerprint density at radius 2 is 1.82 bits per heavy atom. The van der Waals surface area contributed by atoms with Crippen molar-refractivity contribution in [1.29, 1.82) is 0 Å². The van der Waals surface area contributed by atoms with E-state index in [1.54, 1.807) is 25.9 Å². The van der Waals surface area contributed by atoms with Crippen LogP contribution in [0.15, 0.2) is 0 Å². The zero-order valence-electron chi connectivity index (χ0n) is 11.2. The van der Waals surface area contributed by atoms with E-state index >= 15 is 0 Å². The first-order valence-electron chi connectivity index (χ1n) is 6.01. The summed E-state index contributed by atoms with van der Waals surface area (Å²) in [4.78, 5) is 23.5. The van der Waals surface area contributed by atoms with Gasteiger partial charge in [-0.3, -0.25) is 9.59 Å². The minimum Gasteiger partial charge on any atom is -0.481 e. The highest BCUT2D eigenvalue weighted by Gasteiger charge is 2.11. The molecule has 5 nitrogen and oxygen atoms in total. The molecule has 0 bridgehead atoms. The van der Waals surface area contributed by atoms with Gasteiger partial charge in [0.25, 0.3) is 0 Å². The van der Waals surface area contributed by atoms with E-state index in [1.807, 2.05) is 6.92 Å². The van der Waals surface area contributed by atoms with Gasteiger partial charge >= 0.3 is 5.97 Å². The van der Waals surface area contributed by atoms with Crippen LogP contribution in [0.5, 0.6) is 0 Å². The summed E-state index contributed by atoms with van der Waals surface area (Å²) in [5, 5.41) is 11.8. The van der Waals surface area contributed by atoms with Crippen molar-refractivity contribution >= 4 is 11.9 Å². The molecule has 0 aliphatic heterocycles. The van der Waals surface area contributed by atoms with Gasteiger partial charge in [0, 0.05) is 20.1 Å². The lowest BCUT2D eigenvalue weighted by Crippen LogP contribution is -2.37. The molecule has 0 heterocycles. The van der Waals surface area contributed by atoms with E-state index in [0.29, 0.717) is 13.0 Å². The number of carboxylic acid groups (broad SMARTS) is 1. The van der Waals surface area contributed by atoms with Crippen molar-refractivity contribution in [3.63, 3.8) is 0 Å². The molecule has 0 fully saturated rings. The maximum Gasteiger partial charge on any atom is 0.306 e. The molecule has 2 unspecified atom stereocenters. The maximum absolute atomic E-state index is 11.3. The van der Waals surface area contributed by atoms with Crippen molar-refractivity contribution < 1.29 is 14.7 Å². The van der Waals surface area contributed by atoms with E-state index in [0.717, 1.165) is 12.8 Å². The van der Waals surface area contributed by atoms with E-state index in [4.69, 9.17) is 5.11 Å². The van der Waals surface area contributed by atoms with Crippen molar-refractivity contribution in [2.45, 2.75) is 39.2 Å². The van der Waals surface area contributed by atoms with Crippen LogP contribution in [0.4, 0.5) is 0 Å². The van der Waals surface area contributed by atoms with Crippen LogP contribution in [-0.4, -0.2) is 48.6 Å². The molecule has 5 heteroatoms. The Bertz CT molecular complexity index is 254. The molecule has 1 amide bonds. The molecule has 0 spiro atoms. The quantitative estimate of drug-likeness (QED) is 0.667. The molecule has 0 aromatic rings. The third kappa shape index (κ3) is 7.74. The molecule has 0 aliphatic carbocycles. The lowest BCUT2D eigenvalue weighted by atomic mass is 10.0. The first-order chi connectivity index (χ1) is 7.84. The van der Waals surface area contributed by atoms with Gasteiger partial charge in [0.15, 0.2) is 0 Å². The van der Waals surface area contributed by atoms with Crippen LogP contribution in [0, 0.1) is 5.92 Å². The standard InChI is InChI=1S/C12H24N2O3/c1-9(12(16)17)6-5-7-10(2)13-8-11(15)14(3)4/h9-10,13H,5-8H2,1-4H3,(H,16,17). The van der Waals surface area contributed by atoms with Gasteiger partial charge in [0.05, 0.1) is 12.5 Å². The second-order valence-corrected chi connectivity index (χ2v) is 4.74. The first kappa shape index (κ1) is 15.9. The van der Waals surface area contributed by atoms with Crippen LogP contribution in [0.1, 0.15) is 33.1 Å². The molecule has 100 valence electrons. The fourth-order valence-electron chi connectivity index (χ4n) is 1.38. The summed E-state index contributed by atoms with van der Waals surface area (Å²) < 4.78 is 0. The molecule has 0 saturated heterocycles. The Labute approximate surface area is 103 Å². The topological polar surface area (TPSA) is 69.6 Å². The number of likely N-dealkylation sites (N-methyl/N-ethyl adjacent to an activating group) is 1. The summed E-state index contributed by atoms with van der Waals surface area (Å²) >= 11 is 0. The first-order valence-corrected chi connectivity index (χ1v) is 6.01. The maximum atomic E-state index is 11.3. The molecule has 17 heavy (non-hydrogen) atoms. The van der Waals surface area contributed by atoms with Crippen LogP contribution < -0.4 is 5.32 Å². The molecule has 0 radical (unpaired) electrons. The van der Waals surface area contributed by atoms with Crippen molar-refractivity contribution in [3.8, 4) is 0 Å². The number of carboxylic acids is 1. The van der Waals surface area contributed by atoms with E-state index in [-0.39, 0.29) is 17.9 Å². The molecule has 0 aliphatic rings. The van der Waals surface area contributed by atoms with Gasteiger partial charge in [-0.2, -0.15) is 0 Å². The molecule has 0 aromatic carbocycles. The van der Waals surface area contributed by atoms with Crippen LogP contribution in [0.2, 0.25) is 0 Å². The van der Waals surface area contributed by atoms with Gasteiger partial charge < -0.3 is 15.3 Å². The minimum absolute atomic E-state index is 0.0516. The summed E-state index contributed by atoms with van der Waals surface area (Å²) in [6.07, 6.45) is 2.43. The van der Waals surface area contributed by atoms with Crippen LogP contribution in [0.3, 0.4) is 0 Å². The van der Waals surface area contributed by atoms with Gasteiger partial charge in [0.1, 0.15) is 0 Å². The second-order valence-electron chi connectivity index (χ2n) is 4.74. The second kappa shape index (κ2) is 8.06. The third-order valence-corrected chi connectivity index (χ3v) is 2.80. The Balaban J connectivity index is 3.63. The largest absolute Gasteiger partial charge is 0.481 e. The summed E-state index contributed by atoms with van der Waals surface area (Å²) in [6, 6.07) is 0.236. The molecule has 2 N–H and O–H groups in total. The number of carbonyl (C=O) groups is 2. The highest BCUT2D eigenvalue weighted by atomic mass is 16.4. The van der Waals surface area contributed by atoms with Crippen LogP contribution in [0.25, 0.3) is 0 Å². The average molecular weight is 244 g/mol. The molecule has 0 aromatic heterocycles. The predicted molar refractivity (Wildman–Crippen MR) is 66.8 cm³/mol. The zero-order chi connectivity index (χ0) is 13.4. The van der Waals surface area contributed by atoms with E-state index in [2.05, 4.69) is 5.32 Å². The monoisotopic (exact) mass is 244 g/mol. The van der Waals surface area contributed by atoms with Gasteiger partial charge in [-0.15, -0.1) is 0 Å². The van der Waals surface area contributed by atoms with E-state index in [1.165, 1.54) is 0 Å². The Kier molecular flexibility index (Phi) is 7.54. The Morgan fingerprint density at radius 3 is 2.29 bits per heavy atom. The molecule has 0 saturated carbocycles. The van der Waals surface area contributed by atoms with Gasteiger partial charge in [-0.1, -0.05) is 13.3 Å². The minimum atomic E-state index is -0.742. The average Bonchev–Trinajstić information content (AvgIpc) is 2.25. The SMILES string of the molecule is CC(CCCC(C)C(=O)O)NCC(=O)N(C)C. The number of carbonyl (C=O) groups excluding carboxylic acids is 1. The molecule has 2 atom stereocenters. The smallest absolute Gasteiger partial charge is 0.306 e. The molecular formula is C12H24N2O3. The van der Waals surface area contributed by atoms with Gasteiger partial charge in [0.2, 0.25) is 5.91 Å². The van der Waals surface area contributed by atoms with Crippen molar-refractivity contribution in [2.75, 3.05) is 20.6 Å². The van der Waals surface area contributed by atoms with E-state index in [9.17, 15) is 9.59 Å². The summed E-state index contributed by atoms with van der Waals surface area (Å²) in [5.41, 5.74) is 0. The zero-order valence-corrected chi connectivity index (χ0v) is 11.2. The number of nitrogens with zero attached hydrogens (tertiary/aromatic N) is 1. The lowest BCUT2D eigenvalue weighted by molar-refractivity contribution is -0.141. The number of rotatable bonds is 8. The van der Waals surface area contributed by atoms with Crippen molar-refractivity contribution in [3.05, 3.63) is 0 Å². The number of hydrogen-bond acceptors (Lipinski definition) is 3. The molecular weight excluding hydrogens is 220 g/mol. The highest BCUT2D eigenvalue weighted by Crippen LogP contribution is 2.09. The third-order valence-electron chi connectivity index (χ3n) is 2.80. The summed E-state index contributed by atoms with van der Waals surface area (Å²) in [6.45, 7) is 4.06. The number of amides is 1. The van der Waals surface area contributed by atoms with Gasteiger partial charge in [-0.25, -0.2) is 0 Å². The fraction of sp³-hybridized carbons (Fsp3) is 0.833. The van der Waals surface area contributed by atoms with Crippen molar-refractivity contribution in [1.82, 2.24) is 10.2 Å². The normalized spacial score (nSPS) is 14.1. The van der Waals surface area contributed by atoms with Crippen LogP contribution >= 0.6 is 0 Å². The molecule has 0 rings (SSSR count). The van der Waals surface area contributed by atoms with Gasteiger partial charge in [-0.05, 0) is 19.8 Å². The number of aliphatic carboxylic acids is 1.